The fourth-order valence-electron chi connectivity index (χ4n) is 2.23. The van der Waals surface area contributed by atoms with Crippen LogP contribution in [0.5, 0.6) is 11.5 Å². The Morgan fingerprint density at radius 3 is 2.26 bits per heavy atom. The van der Waals surface area contributed by atoms with Crippen LogP contribution in [0.4, 0.5) is 0 Å². The third-order valence-corrected chi connectivity index (χ3v) is 3.02. The zero-order valence-electron chi connectivity index (χ0n) is 12.7. The summed E-state index contributed by atoms with van der Waals surface area (Å²) in [6.45, 7) is 8.38. The van der Waals surface area contributed by atoms with Gasteiger partial charge in [-0.1, -0.05) is 0 Å². The minimum Gasteiger partial charge on any atom is -0.497 e. The highest BCUT2D eigenvalue weighted by Crippen LogP contribution is 2.30. The van der Waals surface area contributed by atoms with Gasteiger partial charge in [-0.3, -0.25) is 0 Å². The highest BCUT2D eigenvalue weighted by atomic mass is 16.5. The van der Waals surface area contributed by atoms with E-state index in [0.717, 1.165) is 11.3 Å². The average molecular weight is 268 g/mol. The summed E-state index contributed by atoms with van der Waals surface area (Å²) in [5, 5.41) is 12.7. The second kappa shape index (κ2) is 6.26. The Bertz CT molecular complexity index is 412. The molecule has 0 bridgehead atoms. The van der Waals surface area contributed by atoms with Gasteiger partial charge in [0.25, 0.3) is 0 Å². The lowest BCUT2D eigenvalue weighted by atomic mass is 9.99. The normalized spacial score (nSPS) is 14.9. The molecule has 0 aliphatic heterocycles. The predicted octanol–water partition coefficient (Wildman–Crippen LogP) is 1.49. The SMILES string of the molecule is COc1ccc(OC)c([C@H](O)[C@@H](C)[NH2+]C(C)(C)C)c1. The molecule has 4 heteroatoms. The summed E-state index contributed by atoms with van der Waals surface area (Å²) in [4.78, 5) is 0. The topological polar surface area (TPSA) is 55.3 Å². The van der Waals surface area contributed by atoms with Crippen molar-refractivity contribution in [3.05, 3.63) is 23.8 Å². The molecule has 0 spiro atoms. The van der Waals surface area contributed by atoms with Crippen molar-refractivity contribution in [1.29, 1.82) is 0 Å². The molecular formula is C15H26NO3+. The molecule has 4 nitrogen and oxygen atoms in total. The smallest absolute Gasteiger partial charge is 0.134 e. The van der Waals surface area contributed by atoms with E-state index in [-0.39, 0.29) is 11.6 Å². The second-order valence-electron chi connectivity index (χ2n) is 5.94. The van der Waals surface area contributed by atoms with E-state index in [1.54, 1.807) is 14.2 Å². The van der Waals surface area contributed by atoms with Gasteiger partial charge in [0.15, 0.2) is 0 Å². The average Bonchev–Trinajstić information content (AvgIpc) is 2.35. The lowest BCUT2D eigenvalue weighted by molar-refractivity contribution is -0.751. The Balaban J connectivity index is 2.99. The first kappa shape index (κ1) is 15.8. The van der Waals surface area contributed by atoms with Gasteiger partial charge in [-0.05, 0) is 45.9 Å². The van der Waals surface area contributed by atoms with Crippen LogP contribution in [0.3, 0.4) is 0 Å². The zero-order chi connectivity index (χ0) is 14.6. The Morgan fingerprint density at radius 1 is 1.16 bits per heavy atom. The van der Waals surface area contributed by atoms with Crippen LogP contribution in [0.15, 0.2) is 18.2 Å². The van der Waals surface area contributed by atoms with Gasteiger partial charge < -0.3 is 19.9 Å². The minimum absolute atomic E-state index is 0.0287. The van der Waals surface area contributed by atoms with E-state index in [1.165, 1.54) is 0 Å². The Morgan fingerprint density at radius 2 is 1.79 bits per heavy atom. The number of aliphatic hydroxyl groups excluding tert-OH is 1. The number of methoxy groups -OCH3 is 2. The van der Waals surface area contributed by atoms with Gasteiger partial charge >= 0.3 is 0 Å². The lowest BCUT2D eigenvalue weighted by Crippen LogP contribution is -2.99. The number of quaternary nitrogens is 1. The van der Waals surface area contributed by atoms with Gasteiger partial charge in [-0.25, -0.2) is 0 Å². The molecule has 0 saturated carbocycles. The van der Waals surface area contributed by atoms with Crippen LogP contribution in [0.2, 0.25) is 0 Å². The van der Waals surface area contributed by atoms with Crippen LogP contribution >= 0.6 is 0 Å². The van der Waals surface area contributed by atoms with Crippen molar-refractivity contribution >= 4 is 0 Å². The summed E-state index contributed by atoms with van der Waals surface area (Å²) in [7, 11) is 3.22. The van der Waals surface area contributed by atoms with Crippen molar-refractivity contribution in [3.8, 4) is 11.5 Å². The number of ether oxygens (including phenoxy) is 2. The van der Waals surface area contributed by atoms with E-state index < -0.39 is 6.10 Å². The molecule has 0 unspecified atom stereocenters. The Labute approximate surface area is 115 Å². The Kier molecular flexibility index (Phi) is 5.20. The van der Waals surface area contributed by atoms with Crippen LogP contribution in [0.25, 0.3) is 0 Å². The fraction of sp³-hybridized carbons (Fsp3) is 0.600. The molecule has 0 heterocycles. The molecule has 3 N–H and O–H groups in total. The van der Waals surface area contributed by atoms with Crippen molar-refractivity contribution in [1.82, 2.24) is 0 Å². The molecule has 0 amide bonds. The van der Waals surface area contributed by atoms with Crippen molar-refractivity contribution in [2.75, 3.05) is 14.2 Å². The van der Waals surface area contributed by atoms with E-state index in [2.05, 4.69) is 26.1 Å². The number of aliphatic hydroxyl groups is 1. The standard InChI is InChI=1S/C15H25NO3/c1-10(16-15(2,3)4)14(17)12-9-11(18-5)7-8-13(12)19-6/h7-10,14,16-17H,1-6H3/p+1/t10-,14-/m1/s1. The van der Waals surface area contributed by atoms with Gasteiger partial charge in [-0.15, -0.1) is 0 Å². The first-order valence-electron chi connectivity index (χ1n) is 6.54. The number of hydrogen-bond acceptors (Lipinski definition) is 3. The Hall–Kier alpha value is -1.26. The number of rotatable bonds is 5. The molecule has 0 radical (unpaired) electrons. The molecule has 0 aliphatic carbocycles. The molecule has 1 aromatic carbocycles. The summed E-state index contributed by atoms with van der Waals surface area (Å²) < 4.78 is 10.5. The van der Waals surface area contributed by atoms with Crippen LogP contribution in [-0.2, 0) is 0 Å². The maximum absolute atomic E-state index is 10.5. The number of benzene rings is 1. The molecule has 2 atom stereocenters. The molecule has 0 fully saturated rings. The molecule has 108 valence electrons. The van der Waals surface area contributed by atoms with Gasteiger partial charge in [0.2, 0.25) is 0 Å². The third kappa shape index (κ3) is 4.40. The summed E-state index contributed by atoms with van der Waals surface area (Å²) in [5.74, 6) is 1.40. The van der Waals surface area contributed by atoms with Crippen molar-refractivity contribution in [3.63, 3.8) is 0 Å². The molecule has 19 heavy (non-hydrogen) atoms. The fourth-order valence-corrected chi connectivity index (χ4v) is 2.23. The van der Waals surface area contributed by atoms with Gasteiger partial charge in [0, 0.05) is 5.56 Å². The van der Waals surface area contributed by atoms with Gasteiger partial charge in [-0.2, -0.15) is 0 Å². The van der Waals surface area contributed by atoms with E-state index in [4.69, 9.17) is 9.47 Å². The highest BCUT2D eigenvalue weighted by molar-refractivity contribution is 5.41. The van der Waals surface area contributed by atoms with Crippen molar-refractivity contribution < 1.29 is 19.9 Å². The van der Waals surface area contributed by atoms with Crippen LogP contribution in [-0.4, -0.2) is 30.9 Å². The maximum Gasteiger partial charge on any atom is 0.134 e. The molecule has 1 aromatic rings. The quantitative estimate of drug-likeness (QED) is 0.850. The maximum atomic E-state index is 10.5. The molecule has 1 rings (SSSR count). The van der Waals surface area contributed by atoms with Crippen LogP contribution < -0.4 is 14.8 Å². The van der Waals surface area contributed by atoms with Gasteiger partial charge in [0.05, 0.1) is 19.8 Å². The van der Waals surface area contributed by atoms with E-state index in [0.29, 0.717) is 5.75 Å². The molecule has 0 aromatic heterocycles. The molecule has 0 saturated heterocycles. The van der Waals surface area contributed by atoms with Crippen LogP contribution in [0.1, 0.15) is 39.4 Å². The third-order valence-electron chi connectivity index (χ3n) is 3.02. The monoisotopic (exact) mass is 268 g/mol. The first-order chi connectivity index (χ1) is 8.78. The minimum atomic E-state index is -0.607. The second-order valence-corrected chi connectivity index (χ2v) is 5.94. The van der Waals surface area contributed by atoms with Crippen LogP contribution in [0, 0.1) is 0 Å². The summed E-state index contributed by atoms with van der Waals surface area (Å²) in [5.41, 5.74) is 0.821. The molecular weight excluding hydrogens is 242 g/mol. The van der Waals surface area contributed by atoms with E-state index >= 15 is 0 Å². The van der Waals surface area contributed by atoms with Crippen molar-refractivity contribution in [2.24, 2.45) is 0 Å². The highest BCUT2D eigenvalue weighted by Gasteiger charge is 2.27. The summed E-state index contributed by atoms with van der Waals surface area (Å²) in [6, 6.07) is 5.51. The largest absolute Gasteiger partial charge is 0.497 e. The van der Waals surface area contributed by atoms with Crippen molar-refractivity contribution in [2.45, 2.75) is 45.4 Å². The zero-order valence-corrected chi connectivity index (χ0v) is 12.7. The number of nitrogens with two attached hydrogens (primary N) is 1. The van der Waals surface area contributed by atoms with E-state index in [1.807, 2.05) is 25.1 Å². The predicted molar refractivity (Wildman–Crippen MR) is 75.6 cm³/mol. The first-order valence-corrected chi connectivity index (χ1v) is 6.54. The lowest BCUT2D eigenvalue weighted by Gasteiger charge is -2.26. The summed E-state index contributed by atoms with van der Waals surface area (Å²) >= 11 is 0. The summed E-state index contributed by atoms with van der Waals surface area (Å²) in [6.07, 6.45) is -0.607. The number of hydrogen-bond donors (Lipinski definition) is 2. The van der Waals surface area contributed by atoms with E-state index in [9.17, 15) is 5.11 Å². The van der Waals surface area contributed by atoms with Gasteiger partial charge in [0.1, 0.15) is 23.6 Å². The molecule has 0 aliphatic rings.